The standard InChI is InChI=1S/C58H47BN2/c1-56(2,3)36-28-29-48(42(31-36)34-18-9-8-10-19-34)60-49-33-46-43(38-22-13-15-26-44(38)57(46,4)5)32-47(49)59-53-50(60)30-35-20-11-12-21-37(35)51(53)40-24-17-25-41-52-55(61(59)54(40)41)39-23-14-16-27-45(39)58(52,6)7/h8-33H,1-7H3. The summed E-state index contributed by atoms with van der Waals surface area (Å²) in [4.78, 5) is 2.66. The first-order valence-corrected chi connectivity index (χ1v) is 22.1. The third-order valence-corrected chi connectivity index (χ3v) is 15.1. The maximum Gasteiger partial charge on any atom is 0.333 e. The number of rotatable bonds is 2. The van der Waals surface area contributed by atoms with Crippen LogP contribution in [-0.2, 0) is 16.2 Å². The summed E-state index contributed by atoms with van der Waals surface area (Å²) in [5.41, 5.74) is 25.1. The van der Waals surface area contributed by atoms with Crippen LogP contribution in [-0.4, -0.2) is 11.3 Å². The molecule has 3 heteroatoms. The number of anilines is 3. The van der Waals surface area contributed by atoms with E-state index in [0.717, 1.165) is 0 Å². The van der Waals surface area contributed by atoms with Crippen molar-refractivity contribution < 1.29 is 0 Å². The van der Waals surface area contributed by atoms with Crippen molar-refractivity contribution >= 4 is 56.5 Å². The van der Waals surface area contributed by atoms with Gasteiger partial charge in [0.05, 0.1) is 5.69 Å². The van der Waals surface area contributed by atoms with Crippen LogP contribution in [0.25, 0.3) is 66.3 Å². The van der Waals surface area contributed by atoms with Gasteiger partial charge in [-0.25, -0.2) is 0 Å². The molecule has 2 aliphatic carbocycles. The van der Waals surface area contributed by atoms with E-state index in [2.05, 4.69) is 216 Å². The molecule has 2 aliphatic heterocycles. The molecule has 8 aromatic carbocycles. The minimum Gasteiger partial charge on any atom is -0.375 e. The van der Waals surface area contributed by atoms with Crippen LogP contribution < -0.4 is 15.8 Å². The molecular formula is C58H47BN2. The summed E-state index contributed by atoms with van der Waals surface area (Å²) in [5, 5.41) is 3.95. The lowest BCUT2D eigenvalue weighted by Crippen LogP contribution is -2.57. The first-order valence-electron chi connectivity index (χ1n) is 22.1. The van der Waals surface area contributed by atoms with Crippen LogP contribution >= 0.6 is 0 Å². The van der Waals surface area contributed by atoms with Crippen LogP contribution in [0.5, 0.6) is 0 Å². The zero-order valence-corrected chi connectivity index (χ0v) is 36.0. The summed E-state index contributed by atoms with van der Waals surface area (Å²) in [7, 11) is 0. The Hall–Kier alpha value is -6.58. The van der Waals surface area contributed by atoms with Crippen molar-refractivity contribution in [1.29, 1.82) is 0 Å². The molecule has 0 saturated heterocycles. The quantitative estimate of drug-likeness (QED) is 0.159. The fourth-order valence-corrected chi connectivity index (χ4v) is 12.2. The van der Waals surface area contributed by atoms with Crippen LogP contribution in [0.2, 0.25) is 0 Å². The van der Waals surface area contributed by atoms with Crippen molar-refractivity contribution in [3.8, 4) is 44.6 Å². The number of hydrogen-bond acceptors (Lipinski definition) is 1. The van der Waals surface area contributed by atoms with Gasteiger partial charge in [0.1, 0.15) is 0 Å². The average molecular weight is 783 g/mol. The first-order chi connectivity index (χ1) is 29.4. The Morgan fingerprint density at radius 3 is 1.95 bits per heavy atom. The lowest BCUT2D eigenvalue weighted by molar-refractivity contribution is 0.590. The second-order valence-electron chi connectivity index (χ2n) is 20.1. The summed E-state index contributed by atoms with van der Waals surface area (Å²) < 4.78 is 2.80. The zero-order chi connectivity index (χ0) is 41.3. The van der Waals surface area contributed by atoms with E-state index in [1.165, 1.54) is 122 Å². The molecule has 61 heavy (non-hydrogen) atoms. The molecule has 3 heterocycles. The molecule has 0 spiro atoms. The SMILES string of the molecule is CC(C)(C)c1ccc(N2c3cc4c(cc3B3c5c2cc2ccccc2c5-c2cccc5c6c(n3c25)-c2ccccc2C6(C)C)-c2ccccc2C4(C)C)c(-c2ccccc2)c1. The van der Waals surface area contributed by atoms with E-state index in [0.29, 0.717) is 0 Å². The van der Waals surface area contributed by atoms with Crippen molar-refractivity contribution in [3.63, 3.8) is 0 Å². The maximum absolute atomic E-state index is 2.80. The molecule has 0 N–H and O–H groups in total. The van der Waals surface area contributed by atoms with Crippen LogP contribution in [0, 0.1) is 0 Å². The number of nitrogens with zero attached hydrogens (tertiary/aromatic N) is 2. The van der Waals surface area contributed by atoms with Gasteiger partial charge in [0.15, 0.2) is 0 Å². The van der Waals surface area contributed by atoms with E-state index in [-0.39, 0.29) is 23.1 Å². The van der Waals surface area contributed by atoms with Crippen molar-refractivity contribution in [1.82, 2.24) is 4.48 Å². The van der Waals surface area contributed by atoms with E-state index in [9.17, 15) is 0 Å². The highest BCUT2D eigenvalue weighted by Crippen LogP contribution is 2.58. The predicted octanol–water partition coefficient (Wildman–Crippen LogP) is 13.8. The molecule has 0 unspecified atom stereocenters. The van der Waals surface area contributed by atoms with Crippen molar-refractivity contribution in [3.05, 3.63) is 186 Å². The highest BCUT2D eigenvalue weighted by molar-refractivity contribution is 6.90. The monoisotopic (exact) mass is 782 g/mol. The first kappa shape index (κ1) is 35.2. The van der Waals surface area contributed by atoms with Gasteiger partial charge >= 0.3 is 6.85 Å². The third-order valence-electron chi connectivity index (χ3n) is 15.1. The summed E-state index contributed by atoms with van der Waals surface area (Å²) >= 11 is 0. The lowest BCUT2D eigenvalue weighted by Gasteiger charge is -2.42. The molecule has 0 radical (unpaired) electrons. The highest BCUT2D eigenvalue weighted by Gasteiger charge is 2.50. The van der Waals surface area contributed by atoms with Crippen molar-refractivity contribution in [2.24, 2.45) is 0 Å². The van der Waals surface area contributed by atoms with E-state index < -0.39 is 0 Å². The normalized spacial score (nSPS) is 15.7. The molecule has 0 saturated carbocycles. The Kier molecular flexibility index (Phi) is 6.70. The average Bonchev–Trinajstić information content (AvgIpc) is 3.82. The topological polar surface area (TPSA) is 8.17 Å². The van der Waals surface area contributed by atoms with Crippen molar-refractivity contribution in [2.75, 3.05) is 4.90 Å². The van der Waals surface area contributed by atoms with Crippen LogP contribution in [0.15, 0.2) is 158 Å². The van der Waals surface area contributed by atoms with Gasteiger partial charge in [0.25, 0.3) is 0 Å². The van der Waals surface area contributed by atoms with Gasteiger partial charge in [0, 0.05) is 55.5 Å². The van der Waals surface area contributed by atoms with E-state index >= 15 is 0 Å². The Morgan fingerprint density at radius 2 is 1.16 bits per heavy atom. The van der Waals surface area contributed by atoms with Crippen LogP contribution in [0.1, 0.15) is 76.3 Å². The zero-order valence-electron chi connectivity index (χ0n) is 36.0. The summed E-state index contributed by atoms with van der Waals surface area (Å²) in [6, 6.07) is 60.6. The molecule has 0 amide bonds. The number of fused-ring (bicyclic) bond motifs is 14. The second-order valence-corrected chi connectivity index (χ2v) is 20.1. The number of hydrogen-bond donors (Lipinski definition) is 0. The molecule has 0 bridgehead atoms. The Labute approximate surface area is 359 Å². The molecule has 292 valence electrons. The van der Waals surface area contributed by atoms with Gasteiger partial charge in [0.2, 0.25) is 0 Å². The highest BCUT2D eigenvalue weighted by atomic mass is 15.2. The summed E-state index contributed by atoms with van der Waals surface area (Å²) in [6.07, 6.45) is 0. The molecule has 0 fully saturated rings. The van der Waals surface area contributed by atoms with E-state index in [4.69, 9.17) is 0 Å². The minimum absolute atomic E-state index is 0.0142. The maximum atomic E-state index is 2.80. The van der Waals surface area contributed by atoms with E-state index in [1.54, 1.807) is 0 Å². The number of aromatic nitrogens is 1. The number of para-hydroxylation sites is 1. The molecule has 13 rings (SSSR count). The second kappa shape index (κ2) is 11.6. The van der Waals surface area contributed by atoms with Crippen molar-refractivity contribution in [2.45, 2.75) is 64.7 Å². The Balaban J connectivity index is 1.23. The van der Waals surface area contributed by atoms with Gasteiger partial charge < -0.3 is 9.38 Å². The fourth-order valence-electron chi connectivity index (χ4n) is 12.2. The number of benzene rings is 8. The summed E-state index contributed by atoms with van der Waals surface area (Å²) in [5.74, 6) is 0. The molecular weight excluding hydrogens is 735 g/mol. The fraction of sp³-hybridized carbons (Fsp3) is 0.172. The lowest BCUT2D eigenvalue weighted by atomic mass is 9.44. The predicted molar refractivity (Wildman–Crippen MR) is 259 cm³/mol. The molecule has 1 aromatic heterocycles. The van der Waals surface area contributed by atoms with E-state index in [1.807, 2.05) is 0 Å². The Bertz CT molecular complexity index is 3410. The minimum atomic E-state index is -0.163. The van der Waals surface area contributed by atoms with Gasteiger partial charge in [-0.05, 0) is 101 Å². The molecule has 2 nitrogen and oxygen atoms in total. The van der Waals surface area contributed by atoms with Gasteiger partial charge in [-0.15, -0.1) is 0 Å². The largest absolute Gasteiger partial charge is 0.375 e. The van der Waals surface area contributed by atoms with Crippen LogP contribution in [0.3, 0.4) is 0 Å². The van der Waals surface area contributed by atoms with Crippen LogP contribution in [0.4, 0.5) is 17.1 Å². The van der Waals surface area contributed by atoms with Gasteiger partial charge in [-0.1, -0.05) is 182 Å². The third kappa shape index (κ3) is 4.39. The van der Waals surface area contributed by atoms with Gasteiger partial charge in [-0.2, -0.15) is 0 Å². The smallest absolute Gasteiger partial charge is 0.333 e. The molecule has 9 aromatic rings. The van der Waals surface area contributed by atoms with Gasteiger partial charge in [-0.3, -0.25) is 0 Å². The molecule has 4 aliphatic rings. The Morgan fingerprint density at radius 1 is 0.492 bits per heavy atom. The molecule has 0 atom stereocenters. The summed E-state index contributed by atoms with van der Waals surface area (Å²) in [6.45, 7) is 16.6.